The standard InChI is InChI=1S/C14H18ClNO2/c1-17-14(18-2)7-11-8-16-9-13(11,14)10-3-5-12(15)6-4-10/h3-6,11,16H,7-9H2,1-2H3. The zero-order valence-corrected chi connectivity index (χ0v) is 11.5. The molecule has 1 saturated heterocycles. The summed E-state index contributed by atoms with van der Waals surface area (Å²) in [4.78, 5) is 0. The van der Waals surface area contributed by atoms with Gasteiger partial charge in [-0.15, -0.1) is 0 Å². The molecule has 1 heterocycles. The first-order valence-corrected chi connectivity index (χ1v) is 6.63. The van der Waals surface area contributed by atoms with Crippen molar-refractivity contribution < 1.29 is 9.47 Å². The van der Waals surface area contributed by atoms with E-state index in [-0.39, 0.29) is 5.41 Å². The Morgan fingerprint density at radius 2 is 1.89 bits per heavy atom. The Labute approximate surface area is 112 Å². The van der Waals surface area contributed by atoms with Gasteiger partial charge >= 0.3 is 0 Å². The van der Waals surface area contributed by atoms with Gasteiger partial charge in [0.15, 0.2) is 5.79 Å². The van der Waals surface area contributed by atoms with Crippen molar-refractivity contribution in [2.45, 2.75) is 17.6 Å². The number of fused-ring (bicyclic) bond motifs is 1. The maximum atomic E-state index is 5.98. The number of hydrogen-bond acceptors (Lipinski definition) is 3. The van der Waals surface area contributed by atoms with Crippen LogP contribution in [0.5, 0.6) is 0 Å². The largest absolute Gasteiger partial charge is 0.352 e. The molecule has 1 aromatic carbocycles. The van der Waals surface area contributed by atoms with Crippen LogP contribution in [0.25, 0.3) is 0 Å². The normalized spacial score (nSPS) is 32.9. The Balaban J connectivity index is 2.06. The van der Waals surface area contributed by atoms with Gasteiger partial charge in [-0.05, 0) is 30.2 Å². The van der Waals surface area contributed by atoms with Crippen molar-refractivity contribution >= 4 is 11.6 Å². The molecule has 2 atom stereocenters. The van der Waals surface area contributed by atoms with E-state index in [9.17, 15) is 0 Å². The molecule has 0 bridgehead atoms. The Hall–Kier alpha value is -0.610. The number of ether oxygens (including phenoxy) is 2. The molecule has 2 unspecified atom stereocenters. The van der Waals surface area contributed by atoms with Crippen molar-refractivity contribution in [3.8, 4) is 0 Å². The summed E-state index contributed by atoms with van der Waals surface area (Å²) < 4.78 is 11.5. The first-order valence-electron chi connectivity index (χ1n) is 6.25. The molecule has 0 radical (unpaired) electrons. The van der Waals surface area contributed by atoms with E-state index in [1.165, 1.54) is 5.56 Å². The van der Waals surface area contributed by atoms with Crippen molar-refractivity contribution in [2.24, 2.45) is 5.92 Å². The third-order valence-electron chi connectivity index (χ3n) is 4.71. The summed E-state index contributed by atoms with van der Waals surface area (Å²) in [6.45, 7) is 1.91. The van der Waals surface area contributed by atoms with Gasteiger partial charge in [0.1, 0.15) is 0 Å². The Morgan fingerprint density at radius 3 is 2.44 bits per heavy atom. The summed E-state index contributed by atoms with van der Waals surface area (Å²) >= 11 is 5.98. The molecule has 0 amide bonds. The van der Waals surface area contributed by atoms with Crippen LogP contribution in [0.3, 0.4) is 0 Å². The predicted octanol–water partition coefficient (Wildman–Crippen LogP) is 2.19. The summed E-state index contributed by atoms with van der Waals surface area (Å²) in [6.07, 6.45) is 0.940. The van der Waals surface area contributed by atoms with Gasteiger partial charge in [-0.3, -0.25) is 0 Å². The monoisotopic (exact) mass is 267 g/mol. The van der Waals surface area contributed by atoms with Crippen molar-refractivity contribution in [3.63, 3.8) is 0 Å². The summed E-state index contributed by atoms with van der Waals surface area (Å²) in [5.74, 6) is 0.0632. The number of benzene rings is 1. The highest BCUT2D eigenvalue weighted by Gasteiger charge is 2.69. The van der Waals surface area contributed by atoms with Gasteiger partial charge in [0, 0.05) is 32.2 Å². The van der Waals surface area contributed by atoms with Crippen LogP contribution < -0.4 is 5.32 Å². The van der Waals surface area contributed by atoms with Crippen molar-refractivity contribution in [1.29, 1.82) is 0 Å². The fourth-order valence-electron chi connectivity index (χ4n) is 3.75. The molecule has 98 valence electrons. The zero-order valence-electron chi connectivity index (χ0n) is 10.7. The number of hydrogen-bond donors (Lipinski definition) is 1. The quantitative estimate of drug-likeness (QED) is 0.852. The van der Waals surface area contributed by atoms with E-state index in [1.54, 1.807) is 14.2 Å². The fraction of sp³-hybridized carbons (Fsp3) is 0.571. The Morgan fingerprint density at radius 1 is 1.22 bits per heavy atom. The molecule has 1 aromatic rings. The molecule has 0 spiro atoms. The highest BCUT2D eigenvalue weighted by Crippen LogP contribution is 2.59. The third-order valence-corrected chi connectivity index (χ3v) is 4.96. The maximum Gasteiger partial charge on any atom is 0.179 e. The van der Waals surface area contributed by atoms with Crippen LogP contribution in [0, 0.1) is 5.92 Å². The van der Waals surface area contributed by atoms with Gasteiger partial charge < -0.3 is 14.8 Å². The van der Waals surface area contributed by atoms with Crippen LogP contribution >= 0.6 is 11.6 Å². The molecule has 3 nitrogen and oxygen atoms in total. The lowest BCUT2D eigenvalue weighted by atomic mass is 9.53. The van der Waals surface area contributed by atoms with E-state index < -0.39 is 5.79 Å². The van der Waals surface area contributed by atoms with Gasteiger partial charge in [-0.2, -0.15) is 0 Å². The molecule has 2 aliphatic rings. The fourth-order valence-corrected chi connectivity index (χ4v) is 3.87. The second kappa shape index (κ2) is 4.20. The minimum Gasteiger partial charge on any atom is -0.352 e. The van der Waals surface area contributed by atoms with Gasteiger partial charge in [0.25, 0.3) is 0 Å². The molecule has 1 aliphatic carbocycles. The van der Waals surface area contributed by atoms with E-state index in [2.05, 4.69) is 17.4 Å². The smallest absolute Gasteiger partial charge is 0.179 e. The second-order valence-corrected chi connectivity index (χ2v) is 5.61. The Bertz CT molecular complexity index is 444. The van der Waals surface area contributed by atoms with E-state index in [0.29, 0.717) is 5.92 Å². The van der Waals surface area contributed by atoms with Gasteiger partial charge in [-0.1, -0.05) is 23.7 Å². The molecular weight excluding hydrogens is 250 g/mol. The van der Waals surface area contributed by atoms with Gasteiger partial charge in [0.05, 0.1) is 5.41 Å². The maximum absolute atomic E-state index is 5.98. The highest BCUT2D eigenvalue weighted by molar-refractivity contribution is 6.30. The number of rotatable bonds is 3. The highest BCUT2D eigenvalue weighted by atomic mass is 35.5. The van der Waals surface area contributed by atoms with Crippen LogP contribution in [-0.2, 0) is 14.9 Å². The lowest BCUT2D eigenvalue weighted by Gasteiger charge is -2.59. The SMILES string of the molecule is COC1(OC)CC2CNCC21c1ccc(Cl)cc1. The van der Waals surface area contributed by atoms with Crippen LogP contribution in [0.15, 0.2) is 24.3 Å². The average Bonchev–Trinajstić information content (AvgIpc) is 2.72. The van der Waals surface area contributed by atoms with Crippen LogP contribution in [0.1, 0.15) is 12.0 Å². The van der Waals surface area contributed by atoms with Crippen LogP contribution in [-0.4, -0.2) is 33.1 Å². The second-order valence-electron chi connectivity index (χ2n) is 5.17. The molecule has 3 rings (SSSR count). The van der Waals surface area contributed by atoms with E-state index in [4.69, 9.17) is 21.1 Å². The minimum absolute atomic E-state index is 0.0823. The van der Waals surface area contributed by atoms with Crippen LogP contribution in [0.4, 0.5) is 0 Å². The third kappa shape index (κ3) is 1.36. The zero-order chi connectivity index (χ0) is 12.8. The summed E-state index contributed by atoms with van der Waals surface area (Å²) in [5, 5.41) is 4.23. The molecule has 0 aromatic heterocycles. The number of nitrogens with one attached hydrogen (secondary N) is 1. The first kappa shape index (κ1) is 12.4. The van der Waals surface area contributed by atoms with E-state index in [1.807, 2.05) is 12.1 Å². The molecule has 18 heavy (non-hydrogen) atoms. The molecular formula is C14H18ClNO2. The summed E-state index contributed by atoms with van der Waals surface area (Å²) in [7, 11) is 3.46. The van der Waals surface area contributed by atoms with Gasteiger partial charge in [0.2, 0.25) is 0 Å². The van der Waals surface area contributed by atoms with Gasteiger partial charge in [-0.25, -0.2) is 0 Å². The first-order chi connectivity index (χ1) is 8.68. The average molecular weight is 268 g/mol. The summed E-state index contributed by atoms with van der Waals surface area (Å²) in [5.41, 5.74) is 1.16. The predicted molar refractivity (Wildman–Crippen MR) is 70.9 cm³/mol. The number of halogens is 1. The lowest BCUT2D eigenvalue weighted by Crippen LogP contribution is -2.68. The molecule has 1 saturated carbocycles. The molecule has 4 heteroatoms. The molecule has 2 fully saturated rings. The number of methoxy groups -OCH3 is 2. The van der Waals surface area contributed by atoms with E-state index >= 15 is 0 Å². The topological polar surface area (TPSA) is 30.5 Å². The van der Waals surface area contributed by atoms with Crippen molar-refractivity contribution in [1.82, 2.24) is 5.32 Å². The summed E-state index contributed by atoms with van der Waals surface area (Å²) in [6, 6.07) is 8.06. The van der Waals surface area contributed by atoms with Crippen LogP contribution in [0.2, 0.25) is 5.02 Å². The van der Waals surface area contributed by atoms with E-state index in [0.717, 1.165) is 24.5 Å². The minimum atomic E-state index is -0.505. The molecule has 1 N–H and O–H groups in total. The lowest BCUT2D eigenvalue weighted by molar-refractivity contribution is -0.314. The van der Waals surface area contributed by atoms with Crippen molar-refractivity contribution in [3.05, 3.63) is 34.9 Å². The Kier molecular flexibility index (Phi) is 2.90. The molecule has 1 aliphatic heterocycles. The van der Waals surface area contributed by atoms with Crippen molar-refractivity contribution in [2.75, 3.05) is 27.3 Å².